The van der Waals surface area contributed by atoms with Gasteiger partial charge in [0.1, 0.15) is 30.7 Å². The first-order valence-corrected chi connectivity index (χ1v) is 7.53. The summed E-state index contributed by atoms with van der Waals surface area (Å²) >= 11 is 0. The van der Waals surface area contributed by atoms with E-state index < -0.39 is 36.5 Å². The van der Waals surface area contributed by atoms with Crippen LogP contribution < -0.4 is 16.5 Å². The largest absolute Gasteiger partial charge is 0.459 e. The predicted molar refractivity (Wildman–Crippen MR) is 83.2 cm³/mol. The number of carbonyl (C=O) groups is 2. The van der Waals surface area contributed by atoms with Crippen LogP contribution in [0.2, 0.25) is 0 Å². The molecule has 0 spiro atoms. The summed E-state index contributed by atoms with van der Waals surface area (Å²) in [7, 11) is 0. The number of ether oxygens (including phenoxy) is 2. The average Bonchev–Trinajstić information content (AvgIpc) is 2.89. The van der Waals surface area contributed by atoms with E-state index in [9.17, 15) is 19.8 Å². The number of carbonyl (C=O) groups excluding carboxylic acids is 2. The molecule has 6 N–H and O–H groups in total. The molecule has 0 saturated carbocycles. The number of benzene rings is 1. The van der Waals surface area contributed by atoms with Crippen molar-refractivity contribution in [3.05, 3.63) is 47.9 Å². The van der Waals surface area contributed by atoms with E-state index in [0.29, 0.717) is 5.56 Å². The number of rotatable bonds is 4. The van der Waals surface area contributed by atoms with Crippen molar-refractivity contribution in [1.82, 2.24) is 15.8 Å². The standard InChI is InChI=1S/C15H18N4O6/c16-10-6-17-19(15(23)18-10)13-12(21)11(20)9(25-13)7-24-14(22)8-4-2-1-3-5-8/h1-6,9,11-13,17,20-21H,7,16H2,(H,18,23). The molecule has 2 aliphatic heterocycles. The Kier molecular flexibility index (Phi) is 4.74. The Labute approximate surface area is 142 Å². The quantitative estimate of drug-likeness (QED) is 0.416. The van der Waals surface area contributed by atoms with E-state index in [1.165, 1.54) is 6.20 Å². The molecule has 1 fully saturated rings. The number of aliphatic hydroxyl groups is 2. The molecule has 1 aromatic rings. The highest BCUT2D eigenvalue weighted by atomic mass is 16.6. The Hall–Kier alpha value is -2.82. The van der Waals surface area contributed by atoms with Crippen LogP contribution in [0.5, 0.6) is 0 Å². The fourth-order valence-corrected chi connectivity index (χ4v) is 2.50. The van der Waals surface area contributed by atoms with Gasteiger partial charge in [-0.15, -0.1) is 0 Å². The second kappa shape index (κ2) is 6.97. The van der Waals surface area contributed by atoms with Gasteiger partial charge >= 0.3 is 12.0 Å². The maximum Gasteiger partial charge on any atom is 0.344 e. The van der Waals surface area contributed by atoms with Gasteiger partial charge in [-0.1, -0.05) is 18.2 Å². The second-order valence-electron chi connectivity index (χ2n) is 5.54. The predicted octanol–water partition coefficient (Wildman–Crippen LogP) is -1.42. The van der Waals surface area contributed by atoms with E-state index in [0.717, 1.165) is 5.01 Å². The Morgan fingerprint density at radius 3 is 2.68 bits per heavy atom. The highest BCUT2D eigenvalue weighted by molar-refractivity contribution is 5.89. The molecule has 0 aromatic heterocycles. The zero-order valence-electron chi connectivity index (χ0n) is 13.0. The minimum Gasteiger partial charge on any atom is -0.459 e. The molecular weight excluding hydrogens is 332 g/mol. The molecule has 0 aliphatic carbocycles. The Bertz CT molecular complexity index is 682. The number of nitrogens with two attached hydrogens (primary N) is 1. The van der Waals surface area contributed by atoms with Gasteiger partial charge in [0, 0.05) is 0 Å². The van der Waals surface area contributed by atoms with Crippen molar-refractivity contribution < 1.29 is 29.3 Å². The number of amides is 2. The number of urea groups is 1. The van der Waals surface area contributed by atoms with E-state index in [1.807, 2.05) is 0 Å². The van der Waals surface area contributed by atoms with E-state index in [-0.39, 0.29) is 12.4 Å². The number of hydrazine groups is 1. The molecule has 1 aromatic carbocycles. The third-order valence-electron chi connectivity index (χ3n) is 3.81. The molecule has 3 rings (SSSR count). The van der Waals surface area contributed by atoms with Crippen LogP contribution in [0.15, 0.2) is 42.4 Å². The second-order valence-corrected chi connectivity index (χ2v) is 5.54. The van der Waals surface area contributed by atoms with Crippen LogP contribution >= 0.6 is 0 Å². The number of nitrogens with one attached hydrogen (secondary N) is 2. The van der Waals surface area contributed by atoms with Crippen molar-refractivity contribution in [3.63, 3.8) is 0 Å². The van der Waals surface area contributed by atoms with E-state index >= 15 is 0 Å². The van der Waals surface area contributed by atoms with Gasteiger partial charge < -0.3 is 25.4 Å². The minimum absolute atomic E-state index is 0.0997. The van der Waals surface area contributed by atoms with E-state index in [2.05, 4.69) is 10.7 Å². The SMILES string of the molecule is NC1=CNN(C2OC(COC(=O)c3ccccc3)C(O)C2O)C(=O)N1. The molecular formula is C15H18N4O6. The van der Waals surface area contributed by atoms with E-state index in [4.69, 9.17) is 15.2 Å². The van der Waals surface area contributed by atoms with Crippen molar-refractivity contribution >= 4 is 12.0 Å². The Morgan fingerprint density at radius 2 is 2.00 bits per heavy atom. The van der Waals surface area contributed by atoms with Gasteiger partial charge in [0.25, 0.3) is 0 Å². The third-order valence-corrected chi connectivity index (χ3v) is 3.81. The zero-order chi connectivity index (χ0) is 18.0. The molecule has 4 atom stereocenters. The lowest BCUT2D eigenvalue weighted by atomic mass is 10.1. The summed E-state index contributed by atoms with van der Waals surface area (Å²) in [6.07, 6.45) is -3.62. The van der Waals surface area contributed by atoms with Gasteiger partial charge in [0.05, 0.1) is 11.8 Å². The van der Waals surface area contributed by atoms with E-state index in [1.54, 1.807) is 30.3 Å². The first-order valence-electron chi connectivity index (χ1n) is 7.53. The molecule has 10 nitrogen and oxygen atoms in total. The normalized spacial score (nSPS) is 28.8. The van der Waals surface area contributed by atoms with Gasteiger partial charge in [-0.2, -0.15) is 0 Å². The number of hydrogen-bond donors (Lipinski definition) is 5. The van der Waals surface area contributed by atoms with Crippen molar-refractivity contribution in [1.29, 1.82) is 0 Å². The Balaban J connectivity index is 1.60. The van der Waals surface area contributed by atoms with Crippen molar-refractivity contribution in [3.8, 4) is 0 Å². The smallest absolute Gasteiger partial charge is 0.344 e. The zero-order valence-corrected chi connectivity index (χ0v) is 13.0. The topological polar surface area (TPSA) is 146 Å². The van der Waals surface area contributed by atoms with Gasteiger partial charge in [0.15, 0.2) is 6.23 Å². The summed E-state index contributed by atoms with van der Waals surface area (Å²) < 4.78 is 10.6. The molecule has 0 bridgehead atoms. The fraction of sp³-hybridized carbons (Fsp3) is 0.333. The number of esters is 1. The molecule has 2 amide bonds. The molecule has 4 unspecified atom stereocenters. The molecule has 2 aliphatic rings. The van der Waals surface area contributed by atoms with Crippen LogP contribution in [-0.2, 0) is 9.47 Å². The number of hydrogen-bond acceptors (Lipinski definition) is 8. The monoisotopic (exact) mass is 350 g/mol. The van der Waals surface area contributed by atoms with Crippen LogP contribution in [-0.4, -0.2) is 58.4 Å². The summed E-state index contributed by atoms with van der Waals surface area (Å²) in [6, 6.07) is 7.67. The molecule has 25 heavy (non-hydrogen) atoms. The van der Waals surface area contributed by atoms with Crippen LogP contribution in [0.3, 0.4) is 0 Å². The molecule has 2 heterocycles. The third kappa shape index (κ3) is 3.50. The molecule has 0 radical (unpaired) electrons. The van der Waals surface area contributed by atoms with Gasteiger partial charge in [-0.25, -0.2) is 14.6 Å². The molecule has 134 valence electrons. The molecule has 1 saturated heterocycles. The first-order chi connectivity index (χ1) is 12.0. The van der Waals surface area contributed by atoms with Crippen molar-refractivity contribution in [2.45, 2.75) is 24.5 Å². The average molecular weight is 350 g/mol. The lowest BCUT2D eigenvalue weighted by Crippen LogP contribution is -2.59. The number of aliphatic hydroxyl groups excluding tert-OH is 2. The highest BCUT2D eigenvalue weighted by Crippen LogP contribution is 2.24. The maximum atomic E-state index is 11.9. The van der Waals surface area contributed by atoms with Crippen LogP contribution in [0.1, 0.15) is 10.4 Å². The summed E-state index contributed by atoms with van der Waals surface area (Å²) in [5.74, 6) is -0.485. The van der Waals surface area contributed by atoms with Crippen LogP contribution in [0.25, 0.3) is 0 Å². The maximum absolute atomic E-state index is 11.9. The van der Waals surface area contributed by atoms with Gasteiger partial charge in [-0.05, 0) is 12.1 Å². The lowest BCUT2D eigenvalue weighted by Gasteiger charge is -2.32. The summed E-state index contributed by atoms with van der Waals surface area (Å²) in [6.45, 7) is -0.282. The van der Waals surface area contributed by atoms with Gasteiger partial charge in [0.2, 0.25) is 0 Å². The van der Waals surface area contributed by atoms with Crippen molar-refractivity contribution in [2.24, 2.45) is 5.73 Å². The summed E-state index contributed by atoms with van der Waals surface area (Å²) in [5.41, 5.74) is 8.35. The summed E-state index contributed by atoms with van der Waals surface area (Å²) in [4.78, 5) is 23.8. The lowest BCUT2D eigenvalue weighted by molar-refractivity contribution is -0.0934. The van der Waals surface area contributed by atoms with Crippen LogP contribution in [0, 0.1) is 0 Å². The van der Waals surface area contributed by atoms with Gasteiger partial charge in [-0.3, -0.25) is 10.7 Å². The summed E-state index contributed by atoms with van der Waals surface area (Å²) in [5, 5.41) is 23.5. The van der Waals surface area contributed by atoms with Crippen molar-refractivity contribution in [2.75, 3.05) is 6.61 Å². The fourth-order valence-electron chi connectivity index (χ4n) is 2.50. The first kappa shape index (κ1) is 17.0. The Morgan fingerprint density at radius 1 is 1.28 bits per heavy atom. The number of nitrogens with zero attached hydrogens (tertiary/aromatic N) is 1. The molecule has 10 heteroatoms. The van der Waals surface area contributed by atoms with Crippen LogP contribution in [0.4, 0.5) is 4.79 Å². The minimum atomic E-state index is -1.40. The highest BCUT2D eigenvalue weighted by Gasteiger charge is 2.48.